The molecule has 1 unspecified atom stereocenters. The fourth-order valence-electron chi connectivity index (χ4n) is 1.99. The van der Waals surface area contributed by atoms with E-state index >= 15 is 0 Å². The smallest absolute Gasteiger partial charge is 0.315 e. The van der Waals surface area contributed by atoms with Crippen LogP contribution in [0.15, 0.2) is 18.2 Å². The Morgan fingerprint density at radius 3 is 2.68 bits per heavy atom. The third-order valence-corrected chi connectivity index (χ3v) is 3.54. The van der Waals surface area contributed by atoms with Crippen molar-refractivity contribution in [1.29, 1.82) is 0 Å². The minimum atomic E-state index is -0.460. The molecule has 3 N–H and O–H groups in total. The number of halogens is 1. The summed E-state index contributed by atoms with van der Waals surface area (Å²) in [5.74, 6) is -0.288. The molecule has 0 aliphatic rings. The van der Waals surface area contributed by atoms with Crippen LogP contribution in [0.5, 0.6) is 5.75 Å². The van der Waals surface area contributed by atoms with Gasteiger partial charge in [0, 0.05) is 13.2 Å². The first-order valence-corrected chi connectivity index (χ1v) is 7.28. The first-order valence-electron chi connectivity index (χ1n) is 7.28. The van der Waals surface area contributed by atoms with E-state index in [1.54, 1.807) is 13.0 Å². The van der Waals surface area contributed by atoms with Crippen LogP contribution < -0.4 is 15.4 Å². The zero-order chi connectivity index (χ0) is 16.8. The summed E-state index contributed by atoms with van der Waals surface area (Å²) in [4.78, 5) is 11.9. The quantitative estimate of drug-likeness (QED) is 0.725. The highest BCUT2D eigenvalue weighted by atomic mass is 19.1. The number of nitrogens with one attached hydrogen (secondary N) is 2. The summed E-state index contributed by atoms with van der Waals surface area (Å²) in [5, 5.41) is 14.5. The molecule has 1 aromatic rings. The monoisotopic (exact) mass is 312 g/mol. The van der Waals surface area contributed by atoms with Crippen molar-refractivity contribution < 1.29 is 19.0 Å². The van der Waals surface area contributed by atoms with Crippen LogP contribution in [-0.4, -0.2) is 31.4 Å². The van der Waals surface area contributed by atoms with Crippen LogP contribution in [0.2, 0.25) is 0 Å². The van der Waals surface area contributed by atoms with Gasteiger partial charge in [-0.25, -0.2) is 9.18 Å². The molecule has 0 fully saturated rings. The van der Waals surface area contributed by atoms with Crippen molar-refractivity contribution in [1.82, 2.24) is 10.6 Å². The SMILES string of the molecule is COc1ccc(C(C)NC(=O)NCC(C)(C)CCO)cc1F. The van der Waals surface area contributed by atoms with E-state index in [1.165, 1.54) is 19.2 Å². The minimum Gasteiger partial charge on any atom is -0.494 e. The van der Waals surface area contributed by atoms with Gasteiger partial charge in [-0.05, 0) is 36.5 Å². The van der Waals surface area contributed by atoms with Crippen LogP contribution in [0.25, 0.3) is 0 Å². The van der Waals surface area contributed by atoms with Crippen molar-refractivity contribution in [2.24, 2.45) is 5.41 Å². The zero-order valence-electron chi connectivity index (χ0n) is 13.6. The number of aliphatic hydroxyl groups excluding tert-OH is 1. The highest BCUT2D eigenvalue weighted by Gasteiger charge is 2.19. The Morgan fingerprint density at radius 2 is 2.14 bits per heavy atom. The number of hydrogen-bond donors (Lipinski definition) is 3. The number of rotatable bonds is 7. The van der Waals surface area contributed by atoms with Crippen LogP contribution in [0.3, 0.4) is 0 Å². The molecular formula is C16H25FN2O3. The lowest BCUT2D eigenvalue weighted by Gasteiger charge is -2.24. The minimum absolute atomic E-state index is 0.0812. The van der Waals surface area contributed by atoms with Gasteiger partial charge >= 0.3 is 6.03 Å². The molecule has 1 rings (SSSR count). The molecule has 0 radical (unpaired) electrons. The van der Waals surface area contributed by atoms with Gasteiger partial charge in [-0.1, -0.05) is 19.9 Å². The average Bonchev–Trinajstić information content (AvgIpc) is 2.45. The van der Waals surface area contributed by atoms with Crippen molar-refractivity contribution in [3.8, 4) is 5.75 Å². The molecule has 0 aliphatic carbocycles. The molecule has 22 heavy (non-hydrogen) atoms. The highest BCUT2D eigenvalue weighted by Crippen LogP contribution is 2.22. The van der Waals surface area contributed by atoms with Crippen LogP contribution in [0.4, 0.5) is 9.18 Å². The second-order valence-electron chi connectivity index (χ2n) is 6.08. The summed E-state index contributed by atoms with van der Waals surface area (Å²) >= 11 is 0. The molecule has 6 heteroatoms. The first kappa shape index (κ1) is 18.2. The molecule has 0 spiro atoms. The Kier molecular flexibility index (Phi) is 6.61. The van der Waals surface area contributed by atoms with Crippen LogP contribution in [-0.2, 0) is 0 Å². The lowest BCUT2D eigenvalue weighted by molar-refractivity contribution is 0.200. The van der Waals surface area contributed by atoms with Gasteiger partial charge in [-0.15, -0.1) is 0 Å². The van der Waals surface area contributed by atoms with Crippen LogP contribution >= 0.6 is 0 Å². The maximum atomic E-state index is 13.7. The van der Waals surface area contributed by atoms with Gasteiger partial charge < -0.3 is 20.5 Å². The van der Waals surface area contributed by atoms with E-state index in [-0.39, 0.29) is 29.8 Å². The van der Waals surface area contributed by atoms with E-state index in [9.17, 15) is 9.18 Å². The summed E-state index contributed by atoms with van der Waals surface area (Å²) in [7, 11) is 1.40. The van der Waals surface area contributed by atoms with Gasteiger partial charge in [0.05, 0.1) is 13.2 Å². The second-order valence-corrected chi connectivity index (χ2v) is 6.08. The number of aliphatic hydroxyl groups is 1. The fraction of sp³-hybridized carbons (Fsp3) is 0.562. The maximum Gasteiger partial charge on any atom is 0.315 e. The number of amides is 2. The van der Waals surface area contributed by atoms with Gasteiger partial charge in [0.25, 0.3) is 0 Å². The third-order valence-electron chi connectivity index (χ3n) is 3.54. The number of methoxy groups -OCH3 is 1. The number of carbonyl (C=O) groups excluding carboxylic acids is 1. The molecule has 2 amide bonds. The Balaban J connectivity index is 2.55. The Morgan fingerprint density at radius 1 is 1.45 bits per heavy atom. The molecule has 0 bridgehead atoms. The van der Waals surface area contributed by atoms with E-state index < -0.39 is 5.82 Å². The molecular weight excluding hydrogens is 287 g/mol. The Hall–Kier alpha value is -1.82. The summed E-state index contributed by atoms with van der Waals surface area (Å²) in [6.45, 7) is 6.23. The summed E-state index contributed by atoms with van der Waals surface area (Å²) in [6.07, 6.45) is 0.604. The molecule has 5 nitrogen and oxygen atoms in total. The van der Waals surface area contributed by atoms with Gasteiger partial charge in [0.2, 0.25) is 0 Å². The lowest BCUT2D eigenvalue weighted by Crippen LogP contribution is -2.41. The molecule has 1 aromatic carbocycles. The van der Waals surface area contributed by atoms with Crippen molar-refractivity contribution in [2.75, 3.05) is 20.3 Å². The summed E-state index contributed by atoms with van der Waals surface area (Å²) < 4.78 is 18.5. The van der Waals surface area contributed by atoms with Gasteiger partial charge in [-0.3, -0.25) is 0 Å². The molecule has 0 saturated carbocycles. The van der Waals surface area contributed by atoms with Crippen molar-refractivity contribution in [3.63, 3.8) is 0 Å². The molecule has 0 aliphatic heterocycles. The van der Waals surface area contributed by atoms with E-state index in [0.29, 0.717) is 18.5 Å². The van der Waals surface area contributed by atoms with Gasteiger partial charge in [0.1, 0.15) is 0 Å². The van der Waals surface area contributed by atoms with E-state index in [4.69, 9.17) is 9.84 Å². The van der Waals surface area contributed by atoms with Gasteiger partial charge in [-0.2, -0.15) is 0 Å². The van der Waals surface area contributed by atoms with Gasteiger partial charge in [0.15, 0.2) is 11.6 Å². The van der Waals surface area contributed by atoms with E-state index in [0.717, 1.165) is 0 Å². The number of carbonyl (C=O) groups is 1. The molecule has 1 atom stereocenters. The normalized spacial score (nSPS) is 12.6. The number of ether oxygens (including phenoxy) is 1. The predicted molar refractivity (Wildman–Crippen MR) is 83.4 cm³/mol. The average molecular weight is 312 g/mol. The standard InChI is InChI=1S/C16H25FN2O3/c1-11(12-5-6-14(22-4)13(17)9-12)19-15(21)18-10-16(2,3)7-8-20/h5-6,9,11,20H,7-8,10H2,1-4H3,(H2,18,19,21). The van der Waals surface area contributed by atoms with Crippen LogP contribution in [0.1, 0.15) is 38.8 Å². The first-order chi connectivity index (χ1) is 10.3. The molecule has 124 valence electrons. The van der Waals surface area contributed by atoms with Crippen LogP contribution in [0, 0.1) is 11.2 Å². The molecule has 0 heterocycles. The lowest BCUT2D eigenvalue weighted by atomic mass is 9.90. The second kappa shape index (κ2) is 7.98. The summed E-state index contributed by atoms with van der Waals surface area (Å²) in [5.41, 5.74) is 0.477. The Labute approximate surface area is 130 Å². The Bertz CT molecular complexity index is 506. The predicted octanol–water partition coefficient (Wildman–Crippen LogP) is 2.60. The zero-order valence-corrected chi connectivity index (χ0v) is 13.6. The maximum absolute atomic E-state index is 13.7. The number of urea groups is 1. The third kappa shape index (κ3) is 5.52. The van der Waals surface area contributed by atoms with E-state index in [1.807, 2.05) is 13.8 Å². The molecule has 0 aromatic heterocycles. The largest absolute Gasteiger partial charge is 0.494 e. The van der Waals surface area contributed by atoms with Crippen molar-refractivity contribution in [3.05, 3.63) is 29.6 Å². The van der Waals surface area contributed by atoms with Crippen molar-refractivity contribution >= 4 is 6.03 Å². The topological polar surface area (TPSA) is 70.6 Å². The fourth-order valence-corrected chi connectivity index (χ4v) is 1.99. The summed E-state index contributed by atoms with van der Waals surface area (Å²) in [6, 6.07) is 3.93. The number of benzene rings is 1. The molecule has 0 saturated heterocycles. The van der Waals surface area contributed by atoms with Crippen molar-refractivity contribution in [2.45, 2.75) is 33.2 Å². The van der Waals surface area contributed by atoms with E-state index in [2.05, 4.69) is 10.6 Å². The highest BCUT2D eigenvalue weighted by molar-refractivity contribution is 5.74. The number of hydrogen-bond acceptors (Lipinski definition) is 3.